The molecule has 0 amide bonds. The molecule has 0 radical (unpaired) electrons. The second kappa shape index (κ2) is 9.28. The van der Waals surface area contributed by atoms with Crippen LogP contribution in [0.3, 0.4) is 0 Å². The summed E-state index contributed by atoms with van der Waals surface area (Å²) in [4.78, 5) is 36.2. The van der Waals surface area contributed by atoms with Gasteiger partial charge < -0.3 is 9.47 Å². The fraction of sp³-hybridized carbons (Fsp3) is 0.520. The highest BCUT2D eigenvalue weighted by Crippen LogP contribution is 2.49. The molecule has 3 rings (SSSR count). The Morgan fingerprint density at radius 3 is 2.44 bits per heavy atom. The van der Waals surface area contributed by atoms with Crippen LogP contribution in [0, 0.1) is 11.3 Å². The molecule has 9 heteroatoms. The SMILES string of the molecule is CO[C@@](C(=O)OC/C=C(\C)C1CC2C(C)(C=CC(=O)C2(C)C)OO1)(c1ccccc1)C(F)(F)F. The fourth-order valence-electron chi connectivity index (χ4n) is 4.62. The molecule has 1 aromatic rings. The first-order valence-corrected chi connectivity index (χ1v) is 10.9. The van der Waals surface area contributed by atoms with E-state index in [0.717, 1.165) is 19.2 Å². The van der Waals surface area contributed by atoms with Crippen molar-refractivity contribution in [1.82, 2.24) is 0 Å². The van der Waals surface area contributed by atoms with Crippen molar-refractivity contribution in [3.05, 3.63) is 59.7 Å². The molecule has 186 valence electrons. The zero-order valence-corrected chi connectivity index (χ0v) is 19.8. The maximum Gasteiger partial charge on any atom is 0.432 e. The molecule has 0 aromatic heterocycles. The number of hydrogen-bond acceptors (Lipinski definition) is 6. The molecule has 34 heavy (non-hydrogen) atoms. The van der Waals surface area contributed by atoms with E-state index >= 15 is 0 Å². The largest absolute Gasteiger partial charge is 0.459 e. The fourth-order valence-corrected chi connectivity index (χ4v) is 4.62. The number of carbonyl (C=O) groups is 2. The molecule has 2 aliphatic rings. The van der Waals surface area contributed by atoms with Gasteiger partial charge in [0, 0.05) is 24.0 Å². The number of alkyl halides is 3. The van der Waals surface area contributed by atoms with Crippen molar-refractivity contribution >= 4 is 11.8 Å². The lowest BCUT2D eigenvalue weighted by molar-refractivity contribution is -0.406. The number of hydrogen-bond donors (Lipinski definition) is 0. The van der Waals surface area contributed by atoms with Gasteiger partial charge in [-0.25, -0.2) is 14.6 Å². The summed E-state index contributed by atoms with van der Waals surface area (Å²) >= 11 is 0. The average molecular weight is 482 g/mol. The van der Waals surface area contributed by atoms with Gasteiger partial charge in [0.05, 0.1) is 0 Å². The van der Waals surface area contributed by atoms with Gasteiger partial charge >= 0.3 is 12.1 Å². The summed E-state index contributed by atoms with van der Waals surface area (Å²) in [5, 5.41) is 0. The molecule has 1 fully saturated rings. The second-order valence-corrected chi connectivity index (χ2v) is 9.36. The summed E-state index contributed by atoms with van der Waals surface area (Å²) in [5.41, 5.74) is -4.49. The maximum absolute atomic E-state index is 14.0. The van der Waals surface area contributed by atoms with E-state index in [1.54, 1.807) is 13.0 Å². The van der Waals surface area contributed by atoms with Crippen LogP contribution in [0.15, 0.2) is 54.1 Å². The number of ketones is 1. The van der Waals surface area contributed by atoms with Gasteiger partial charge in [-0.1, -0.05) is 44.2 Å². The normalized spacial score (nSPS) is 28.7. The molecule has 0 bridgehead atoms. The summed E-state index contributed by atoms with van der Waals surface area (Å²) in [5.74, 6) is -1.78. The first-order chi connectivity index (χ1) is 15.8. The third-order valence-electron chi connectivity index (χ3n) is 6.86. The van der Waals surface area contributed by atoms with Gasteiger partial charge in [0.15, 0.2) is 5.78 Å². The van der Waals surface area contributed by atoms with Gasteiger partial charge in [0.25, 0.3) is 5.60 Å². The van der Waals surface area contributed by atoms with Gasteiger partial charge in [0.2, 0.25) is 0 Å². The van der Waals surface area contributed by atoms with Gasteiger partial charge in [0.1, 0.15) is 18.3 Å². The van der Waals surface area contributed by atoms with Crippen LogP contribution in [-0.4, -0.2) is 43.4 Å². The minimum absolute atomic E-state index is 0.0150. The predicted molar refractivity (Wildman–Crippen MR) is 116 cm³/mol. The Hall–Kier alpha value is -2.49. The van der Waals surface area contributed by atoms with Gasteiger partial charge in [-0.05, 0) is 44.1 Å². The van der Waals surface area contributed by atoms with Gasteiger partial charge in [-0.3, -0.25) is 4.79 Å². The number of rotatable bonds is 6. The molecule has 1 saturated heterocycles. The summed E-state index contributed by atoms with van der Waals surface area (Å²) in [6, 6.07) is 6.61. The van der Waals surface area contributed by atoms with Crippen LogP contribution in [0.2, 0.25) is 0 Å². The predicted octanol–water partition coefficient (Wildman–Crippen LogP) is 4.84. The Balaban J connectivity index is 1.74. The molecule has 6 nitrogen and oxygen atoms in total. The highest BCUT2D eigenvalue weighted by Gasteiger charge is 2.64. The Morgan fingerprint density at radius 1 is 1.21 bits per heavy atom. The number of allylic oxidation sites excluding steroid dienone is 1. The van der Waals surface area contributed by atoms with Crippen molar-refractivity contribution in [2.75, 3.05) is 13.7 Å². The zero-order valence-electron chi connectivity index (χ0n) is 19.8. The van der Waals surface area contributed by atoms with Crippen LogP contribution in [-0.2, 0) is 34.4 Å². The molecule has 3 unspecified atom stereocenters. The van der Waals surface area contributed by atoms with E-state index in [2.05, 4.69) is 0 Å². The molecule has 1 aromatic carbocycles. The molecule has 1 aliphatic heterocycles. The van der Waals surface area contributed by atoms with Crippen LogP contribution in [0.25, 0.3) is 0 Å². The van der Waals surface area contributed by atoms with Crippen LogP contribution in [0.4, 0.5) is 13.2 Å². The highest BCUT2D eigenvalue weighted by atomic mass is 19.4. The Labute approximate surface area is 196 Å². The second-order valence-electron chi connectivity index (χ2n) is 9.36. The van der Waals surface area contributed by atoms with E-state index in [0.29, 0.717) is 12.0 Å². The Bertz CT molecular complexity index is 984. The zero-order chi connectivity index (χ0) is 25.4. The lowest BCUT2D eigenvalue weighted by Crippen LogP contribution is -2.55. The third kappa shape index (κ3) is 4.44. The monoisotopic (exact) mass is 482 g/mol. The molecular formula is C25H29F3O6. The molecule has 0 spiro atoms. The van der Waals surface area contributed by atoms with Gasteiger partial charge in [-0.2, -0.15) is 13.2 Å². The number of carbonyl (C=O) groups excluding carboxylic acids is 2. The number of fused-ring (bicyclic) bond motifs is 1. The smallest absolute Gasteiger partial charge is 0.432 e. The summed E-state index contributed by atoms with van der Waals surface area (Å²) < 4.78 is 51.7. The topological polar surface area (TPSA) is 71.1 Å². The maximum atomic E-state index is 14.0. The molecule has 0 saturated carbocycles. The highest BCUT2D eigenvalue weighted by molar-refractivity contribution is 5.96. The minimum atomic E-state index is -5.05. The first kappa shape index (κ1) is 26.1. The third-order valence-corrected chi connectivity index (χ3v) is 6.86. The van der Waals surface area contributed by atoms with Crippen molar-refractivity contribution < 1.29 is 42.0 Å². The molecule has 1 aliphatic carbocycles. The number of ether oxygens (including phenoxy) is 2. The van der Waals surface area contributed by atoms with E-state index in [1.165, 1.54) is 30.4 Å². The summed E-state index contributed by atoms with van der Waals surface area (Å²) in [6.45, 7) is 6.80. The Kier molecular flexibility index (Phi) is 7.13. The van der Waals surface area contributed by atoms with Crippen LogP contribution in [0.1, 0.15) is 39.7 Å². The summed E-state index contributed by atoms with van der Waals surface area (Å²) in [7, 11) is 0.814. The lowest BCUT2D eigenvalue weighted by atomic mass is 9.62. The van der Waals surface area contributed by atoms with E-state index in [1.807, 2.05) is 20.8 Å². The number of halogens is 3. The van der Waals surface area contributed by atoms with E-state index in [4.69, 9.17) is 19.2 Å². The molecule has 4 atom stereocenters. The van der Waals surface area contributed by atoms with Crippen LogP contribution < -0.4 is 0 Å². The Morgan fingerprint density at radius 2 is 1.85 bits per heavy atom. The minimum Gasteiger partial charge on any atom is -0.459 e. The van der Waals surface area contributed by atoms with E-state index in [9.17, 15) is 22.8 Å². The van der Waals surface area contributed by atoms with Crippen molar-refractivity contribution in [3.63, 3.8) is 0 Å². The number of benzene rings is 1. The van der Waals surface area contributed by atoms with Crippen molar-refractivity contribution in [1.29, 1.82) is 0 Å². The van der Waals surface area contributed by atoms with Crippen molar-refractivity contribution in [3.8, 4) is 0 Å². The van der Waals surface area contributed by atoms with E-state index < -0.39 is 41.5 Å². The molecule has 0 N–H and O–H groups in total. The first-order valence-electron chi connectivity index (χ1n) is 10.9. The van der Waals surface area contributed by atoms with Crippen LogP contribution >= 0.6 is 0 Å². The number of methoxy groups -OCH3 is 1. The van der Waals surface area contributed by atoms with Crippen LogP contribution in [0.5, 0.6) is 0 Å². The number of esters is 1. The van der Waals surface area contributed by atoms with Gasteiger partial charge in [-0.15, -0.1) is 0 Å². The molecule has 1 heterocycles. The van der Waals surface area contributed by atoms with E-state index in [-0.39, 0.29) is 17.3 Å². The summed E-state index contributed by atoms with van der Waals surface area (Å²) in [6.07, 6.45) is -0.505. The molecular weight excluding hydrogens is 453 g/mol. The lowest BCUT2D eigenvalue weighted by Gasteiger charge is -2.49. The quantitative estimate of drug-likeness (QED) is 0.328. The van der Waals surface area contributed by atoms with Crippen molar-refractivity contribution in [2.24, 2.45) is 11.3 Å². The standard InChI is InChI=1S/C25H29F3O6/c1-16(18-15-19-22(2,3)20(29)11-13-23(19,4)34-33-18)12-14-32-21(30)24(31-5,25(26,27)28)17-9-7-6-8-10-17/h6-13,18-19H,14-15H2,1-5H3/b16-12+/t18?,19?,23?,24-/m1/s1. The average Bonchev–Trinajstić information content (AvgIpc) is 2.77. The van der Waals surface area contributed by atoms with Crippen molar-refractivity contribution in [2.45, 2.75) is 57.6 Å².